The zero-order valence-corrected chi connectivity index (χ0v) is 11.9. The van der Waals surface area contributed by atoms with Crippen molar-refractivity contribution in [1.29, 1.82) is 0 Å². The Hall–Kier alpha value is -1.14. The van der Waals surface area contributed by atoms with Gasteiger partial charge in [-0.1, -0.05) is 6.92 Å². The fourth-order valence-corrected chi connectivity index (χ4v) is 2.24. The summed E-state index contributed by atoms with van der Waals surface area (Å²) in [7, 11) is 1.65. The molecule has 1 saturated heterocycles. The Morgan fingerprint density at radius 1 is 1.37 bits per heavy atom. The van der Waals surface area contributed by atoms with Gasteiger partial charge in [0.15, 0.2) is 0 Å². The number of amides is 2. The van der Waals surface area contributed by atoms with Crippen LogP contribution < -0.4 is 16.4 Å². The van der Waals surface area contributed by atoms with E-state index in [1.54, 1.807) is 7.05 Å². The van der Waals surface area contributed by atoms with Gasteiger partial charge < -0.3 is 16.4 Å². The molecule has 1 fully saturated rings. The number of nitrogens with zero attached hydrogens (tertiary/aromatic N) is 1. The lowest BCUT2D eigenvalue weighted by molar-refractivity contribution is -0.126. The highest BCUT2D eigenvalue weighted by Crippen LogP contribution is 2.11. The molecule has 1 rings (SSSR count). The molecular weight excluding hydrogens is 244 g/mol. The van der Waals surface area contributed by atoms with Crippen LogP contribution in [0.4, 0.5) is 0 Å². The number of nitrogens with two attached hydrogens (primary N) is 1. The summed E-state index contributed by atoms with van der Waals surface area (Å²) >= 11 is 0. The van der Waals surface area contributed by atoms with Gasteiger partial charge in [0.2, 0.25) is 11.8 Å². The molecule has 0 aromatic rings. The summed E-state index contributed by atoms with van der Waals surface area (Å²) in [4.78, 5) is 25.2. The second-order valence-corrected chi connectivity index (χ2v) is 5.21. The Morgan fingerprint density at radius 3 is 2.53 bits per heavy atom. The van der Waals surface area contributed by atoms with Gasteiger partial charge in [-0.25, -0.2) is 0 Å². The summed E-state index contributed by atoms with van der Waals surface area (Å²) in [5.74, 6) is 0.114. The Labute approximate surface area is 115 Å². The van der Waals surface area contributed by atoms with Crippen molar-refractivity contribution in [3.63, 3.8) is 0 Å². The molecule has 6 nitrogen and oxygen atoms in total. The van der Waals surface area contributed by atoms with E-state index < -0.39 is 0 Å². The monoisotopic (exact) mass is 270 g/mol. The van der Waals surface area contributed by atoms with Crippen molar-refractivity contribution in [2.24, 2.45) is 11.7 Å². The van der Waals surface area contributed by atoms with Crippen molar-refractivity contribution in [3.8, 4) is 0 Å². The molecular formula is C13H26N4O2. The molecule has 1 aliphatic rings. The van der Waals surface area contributed by atoms with Gasteiger partial charge in [0.05, 0.1) is 6.54 Å². The zero-order valence-electron chi connectivity index (χ0n) is 11.9. The molecule has 1 unspecified atom stereocenters. The smallest absolute Gasteiger partial charge is 0.233 e. The standard InChI is InChI=1S/C13H26N4O2/c1-10(3-6-14)13(19)16-11-4-7-17(8-5-11)9-12(18)15-2/h10-11H,3-9,14H2,1-2H3,(H,15,18)(H,16,19). The first-order valence-corrected chi connectivity index (χ1v) is 7.00. The van der Waals surface area contributed by atoms with Crippen LogP contribution in [0.15, 0.2) is 0 Å². The maximum Gasteiger partial charge on any atom is 0.233 e. The summed E-state index contributed by atoms with van der Waals surface area (Å²) in [6.45, 7) is 4.59. The summed E-state index contributed by atoms with van der Waals surface area (Å²) in [5, 5.41) is 5.69. The highest BCUT2D eigenvalue weighted by Gasteiger charge is 2.23. The Morgan fingerprint density at radius 2 is 2.00 bits per heavy atom. The van der Waals surface area contributed by atoms with Gasteiger partial charge in [0, 0.05) is 32.1 Å². The molecule has 0 spiro atoms. The minimum Gasteiger partial charge on any atom is -0.358 e. The molecule has 0 aliphatic carbocycles. The van der Waals surface area contributed by atoms with Crippen molar-refractivity contribution in [2.45, 2.75) is 32.2 Å². The van der Waals surface area contributed by atoms with Crippen LogP contribution in [-0.2, 0) is 9.59 Å². The summed E-state index contributed by atoms with van der Waals surface area (Å²) < 4.78 is 0. The topological polar surface area (TPSA) is 87.5 Å². The molecule has 19 heavy (non-hydrogen) atoms. The fraction of sp³-hybridized carbons (Fsp3) is 0.846. The molecule has 0 radical (unpaired) electrons. The second-order valence-electron chi connectivity index (χ2n) is 5.21. The van der Waals surface area contributed by atoms with Gasteiger partial charge >= 0.3 is 0 Å². The number of hydrogen-bond acceptors (Lipinski definition) is 4. The Balaban J connectivity index is 2.26. The molecule has 0 bridgehead atoms. The predicted molar refractivity (Wildman–Crippen MR) is 74.5 cm³/mol. The van der Waals surface area contributed by atoms with Gasteiger partial charge in [-0.3, -0.25) is 14.5 Å². The molecule has 1 atom stereocenters. The van der Waals surface area contributed by atoms with E-state index in [0.29, 0.717) is 13.1 Å². The van der Waals surface area contributed by atoms with E-state index in [1.165, 1.54) is 0 Å². The van der Waals surface area contributed by atoms with Gasteiger partial charge in [0.1, 0.15) is 0 Å². The Bertz CT molecular complexity index is 301. The molecule has 2 amide bonds. The van der Waals surface area contributed by atoms with Crippen LogP contribution in [0, 0.1) is 5.92 Å². The van der Waals surface area contributed by atoms with Crippen LogP contribution in [0.5, 0.6) is 0 Å². The normalized spacial score (nSPS) is 18.9. The lowest BCUT2D eigenvalue weighted by Crippen LogP contribution is -2.48. The van der Waals surface area contributed by atoms with E-state index in [4.69, 9.17) is 5.73 Å². The van der Waals surface area contributed by atoms with E-state index in [0.717, 1.165) is 32.4 Å². The van der Waals surface area contributed by atoms with Crippen molar-refractivity contribution in [2.75, 3.05) is 33.2 Å². The summed E-state index contributed by atoms with van der Waals surface area (Å²) in [6, 6.07) is 0.230. The highest BCUT2D eigenvalue weighted by molar-refractivity contribution is 5.78. The predicted octanol–water partition coefficient (Wildman–Crippen LogP) is -0.702. The number of nitrogens with one attached hydrogen (secondary N) is 2. The molecule has 6 heteroatoms. The molecule has 110 valence electrons. The summed E-state index contributed by atoms with van der Waals surface area (Å²) in [6.07, 6.45) is 2.53. The van der Waals surface area contributed by atoms with Crippen LogP contribution >= 0.6 is 0 Å². The molecule has 0 aromatic carbocycles. The van der Waals surface area contributed by atoms with E-state index in [1.807, 2.05) is 6.92 Å². The van der Waals surface area contributed by atoms with Crippen LogP contribution in [0.3, 0.4) is 0 Å². The lowest BCUT2D eigenvalue weighted by atomic mass is 10.0. The first-order chi connectivity index (χ1) is 9.06. The highest BCUT2D eigenvalue weighted by atomic mass is 16.2. The first-order valence-electron chi connectivity index (χ1n) is 7.00. The van der Waals surface area contributed by atoms with Crippen LogP contribution in [0.2, 0.25) is 0 Å². The molecule has 1 heterocycles. The molecule has 0 aromatic heterocycles. The number of likely N-dealkylation sites (tertiary alicyclic amines) is 1. The van der Waals surface area contributed by atoms with E-state index in [2.05, 4.69) is 15.5 Å². The number of likely N-dealkylation sites (N-methyl/N-ethyl adjacent to an activating group) is 1. The number of carbonyl (C=O) groups excluding carboxylic acids is 2. The number of carbonyl (C=O) groups is 2. The number of piperidine rings is 1. The van der Waals surface area contributed by atoms with E-state index in [-0.39, 0.29) is 23.8 Å². The van der Waals surface area contributed by atoms with E-state index in [9.17, 15) is 9.59 Å². The molecule has 1 aliphatic heterocycles. The lowest BCUT2D eigenvalue weighted by Gasteiger charge is -2.32. The van der Waals surface area contributed by atoms with Gasteiger partial charge in [0.25, 0.3) is 0 Å². The summed E-state index contributed by atoms with van der Waals surface area (Å²) in [5.41, 5.74) is 5.45. The van der Waals surface area contributed by atoms with Crippen LogP contribution in [0.25, 0.3) is 0 Å². The maximum absolute atomic E-state index is 11.9. The third kappa shape index (κ3) is 5.57. The van der Waals surface area contributed by atoms with Gasteiger partial charge in [-0.15, -0.1) is 0 Å². The number of hydrogen-bond donors (Lipinski definition) is 3. The average Bonchev–Trinajstić information content (AvgIpc) is 2.41. The van der Waals surface area contributed by atoms with Crippen molar-refractivity contribution < 1.29 is 9.59 Å². The second kappa shape index (κ2) is 8.12. The maximum atomic E-state index is 11.9. The Kier molecular flexibility index (Phi) is 6.80. The van der Waals surface area contributed by atoms with Gasteiger partial charge in [-0.2, -0.15) is 0 Å². The number of rotatable bonds is 6. The van der Waals surface area contributed by atoms with Crippen molar-refractivity contribution in [1.82, 2.24) is 15.5 Å². The van der Waals surface area contributed by atoms with E-state index >= 15 is 0 Å². The quantitative estimate of drug-likeness (QED) is 0.595. The SMILES string of the molecule is CNC(=O)CN1CCC(NC(=O)C(C)CCN)CC1. The molecule has 4 N–H and O–H groups in total. The molecule has 0 saturated carbocycles. The van der Waals surface area contributed by atoms with Crippen LogP contribution in [0.1, 0.15) is 26.2 Å². The van der Waals surface area contributed by atoms with Crippen LogP contribution in [-0.4, -0.2) is 56.0 Å². The third-order valence-electron chi connectivity index (χ3n) is 3.63. The van der Waals surface area contributed by atoms with Crippen molar-refractivity contribution in [3.05, 3.63) is 0 Å². The fourth-order valence-electron chi connectivity index (χ4n) is 2.24. The first kappa shape index (κ1) is 15.9. The minimum atomic E-state index is -0.0195. The largest absolute Gasteiger partial charge is 0.358 e. The minimum absolute atomic E-state index is 0.0195. The zero-order chi connectivity index (χ0) is 14.3. The van der Waals surface area contributed by atoms with Gasteiger partial charge in [-0.05, 0) is 25.8 Å². The average molecular weight is 270 g/mol. The van der Waals surface area contributed by atoms with Crippen molar-refractivity contribution >= 4 is 11.8 Å². The third-order valence-corrected chi connectivity index (χ3v) is 3.63.